The molecule has 0 saturated carbocycles. The number of aryl methyl sites for hydroxylation is 2. The Bertz CT molecular complexity index is 890. The number of rotatable bonds is 6. The predicted octanol–water partition coefficient (Wildman–Crippen LogP) is 5.01. The van der Waals surface area contributed by atoms with Gasteiger partial charge < -0.3 is 9.42 Å². The van der Waals surface area contributed by atoms with Gasteiger partial charge >= 0.3 is 0 Å². The summed E-state index contributed by atoms with van der Waals surface area (Å²) in [4.78, 5) is 14.7. The fourth-order valence-electron chi connectivity index (χ4n) is 2.92. The minimum absolute atomic E-state index is 0.105. The Kier molecular flexibility index (Phi) is 5.74. The van der Waals surface area contributed by atoms with Crippen molar-refractivity contribution in [2.75, 3.05) is 13.6 Å². The van der Waals surface area contributed by atoms with E-state index in [0.717, 1.165) is 12.8 Å². The molecule has 134 valence electrons. The van der Waals surface area contributed by atoms with Gasteiger partial charge in [0.2, 0.25) is 0 Å². The van der Waals surface area contributed by atoms with Crippen LogP contribution in [0.25, 0.3) is 11.3 Å². The van der Waals surface area contributed by atoms with Gasteiger partial charge in [-0.25, -0.2) is 0 Å². The van der Waals surface area contributed by atoms with Crippen LogP contribution in [0.2, 0.25) is 5.02 Å². The highest BCUT2D eigenvalue weighted by Crippen LogP contribution is 2.31. The number of nitrogens with zero attached hydrogens (tertiary/aromatic N) is 2. The Morgan fingerprint density at radius 3 is 2.54 bits per heavy atom. The molecule has 0 aliphatic heterocycles. The van der Waals surface area contributed by atoms with Gasteiger partial charge in [0.15, 0.2) is 0 Å². The van der Waals surface area contributed by atoms with Crippen LogP contribution in [-0.2, 0) is 6.42 Å². The Morgan fingerprint density at radius 1 is 1.12 bits per heavy atom. The van der Waals surface area contributed by atoms with E-state index in [0.29, 0.717) is 34.1 Å². The highest BCUT2D eigenvalue weighted by molar-refractivity contribution is 6.33. The molecule has 0 aliphatic rings. The number of carbonyl (C=O) groups excluding carboxylic acids is 1. The van der Waals surface area contributed by atoms with Crippen LogP contribution >= 0.6 is 11.6 Å². The molecule has 1 heterocycles. The van der Waals surface area contributed by atoms with E-state index in [1.165, 1.54) is 5.56 Å². The number of hydrogen-bond acceptors (Lipinski definition) is 3. The Morgan fingerprint density at radius 2 is 1.81 bits per heavy atom. The molecule has 5 heteroatoms. The third kappa shape index (κ3) is 3.97. The fraction of sp³-hybridized carbons (Fsp3) is 0.238. The lowest BCUT2D eigenvalue weighted by Crippen LogP contribution is -2.28. The molecule has 1 aromatic heterocycles. The van der Waals surface area contributed by atoms with Gasteiger partial charge in [-0.3, -0.25) is 4.79 Å². The summed E-state index contributed by atoms with van der Waals surface area (Å²) in [6, 6.07) is 17.6. The van der Waals surface area contributed by atoms with Crippen molar-refractivity contribution >= 4 is 17.5 Å². The smallest absolute Gasteiger partial charge is 0.259 e. The number of hydrogen-bond donors (Lipinski definition) is 0. The summed E-state index contributed by atoms with van der Waals surface area (Å²) >= 11 is 6.27. The van der Waals surface area contributed by atoms with Crippen LogP contribution in [-0.4, -0.2) is 29.6 Å². The van der Waals surface area contributed by atoms with Gasteiger partial charge in [0.25, 0.3) is 5.91 Å². The van der Waals surface area contributed by atoms with Crippen LogP contribution < -0.4 is 0 Å². The lowest BCUT2D eigenvalue weighted by Gasteiger charge is -2.17. The monoisotopic (exact) mass is 368 g/mol. The molecule has 26 heavy (non-hydrogen) atoms. The maximum atomic E-state index is 13.0. The second-order valence-electron chi connectivity index (χ2n) is 6.26. The van der Waals surface area contributed by atoms with E-state index in [4.69, 9.17) is 16.1 Å². The average Bonchev–Trinajstić information content (AvgIpc) is 3.03. The van der Waals surface area contributed by atoms with E-state index in [1.54, 1.807) is 24.9 Å². The van der Waals surface area contributed by atoms with Crippen molar-refractivity contribution in [2.45, 2.75) is 19.8 Å². The first-order chi connectivity index (χ1) is 12.6. The molecule has 0 bridgehead atoms. The topological polar surface area (TPSA) is 46.3 Å². The molecular formula is C21H21ClN2O2. The summed E-state index contributed by atoms with van der Waals surface area (Å²) in [7, 11) is 1.80. The Hall–Kier alpha value is -2.59. The van der Waals surface area contributed by atoms with E-state index in [2.05, 4.69) is 17.3 Å². The molecule has 3 rings (SSSR count). The third-order valence-corrected chi connectivity index (χ3v) is 4.68. The van der Waals surface area contributed by atoms with Crippen molar-refractivity contribution in [3.63, 3.8) is 0 Å². The Labute approximate surface area is 158 Å². The number of aromatic nitrogens is 1. The molecule has 1 amide bonds. The first kappa shape index (κ1) is 18.2. The molecule has 0 N–H and O–H groups in total. The van der Waals surface area contributed by atoms with Crippen molar-refractivity contribution < 1.29 is 9.32 Å². The van der Waals surface area contributed by atoms with E-state index >= 15 is 0 Å². The second kappa shape index (κ2) is 8.19. The molecule has 0 atom stereocenters. The summed E-state index contributed by atoms with van der Waals surface area (Å²) in [6.07, 6.45) is 1.82. The molecular weight excluding hydrogens is 348 g/mol. The molecule has 3 aromatic rings. The zero-order chi connectivity index (χ0) is 18.5. The predicted molar refractivity (Wildman–Crippen MR) is 103 cm³/mol. The van der Waals surface area contributed by atoms with Gasteiger partial charge in [-0.05, 0) is 31.4 Å². The van der Waals surface area contributed by atoms with Crippen molar-refractivity contribution in [3.8, 4) is 11.3 Å². The number of benzene rings is 2. The van der Waals surface area contributed by atoms with Crippen molar-refractivity contribution in [1.82, 2.24) is 10.1 Å². The lowest BCUT2D eigenvalue weighted by atomic mass is 10.0. The average molecular weight is 369 g/mol. The SMILES string of the molecule is Cc1onc(-c2ccccc2Cl)c1C(=O)N(C)CCCc1ccccc1. The summed E-state index contributed by atoms with van der Waals surface area (Å²) in [5, 5.41) is 4.61. The van der Waals surface area contributed by atoms with Crippen molar-refractivity contribution in [2.24, 2.45) is 0 Å². The molecule has 0 aliphatic carbocycles. The summed E-state index contributed by atoms with van der Waals surface area (Å²) < 4.78 is 5.29. The lowest BCUT2D eigenvalue weighted by molar-refractivity contribution is 0.0792. The summed E-state index contributed by atoms with van der Waals surface area (Å²) in [5.41, 5.74) is 2.94. The van der Waals surface area contributed by atoms with Crippen LogP contribution in [0.15, 0.2) is 59.1 Å². The number of carbonyl (C=O) groups is 1. The van der Waals surface area contributed by atoms with Crippen molar-refractivity contribution in [1.29, 1.82) is 0 Å². The van der Waals surface area contributed by atoms with Gasteiger partial charge in [0, 0.05) is 19.2 Å². The minimum atomic E-state index is -0.105. The first-order valence-corrected chi connectivity index (χ1v) is 8.96. The quantitative estimate of drug-likeness (QED) is 0.614. The van der Waals surface area contributed by atoms with E-state index in [1.807, 2.05) is 36.4 Å². The maximum absolute atomic E-state index is 13.0. The zero-order valence-corrected chi connectivity index (χ0v) is 15.7. The Balaban J connectivity index is 1.73. The highest BCUT2D eigenvalue weighted by Gasteiger charge is 2.25. The van der Waals surface area contributed by atoms with Crippen LogP contribution in [0.5, 0.6) is 0 Å². The molecule has 0 radical (unpaired) electrons. The standard InChI is InChI=1S/C21H21ClN2O2/c1-15-19(20(23-26-15)17-12-6-7-13-18(17)22)21(25)24(2)14-8-11-16-9-4-3-5-10-16/h3-7,9-10,12-13H,8,11,14H2,1-2H3. The van der Waals surface area contributed by atoms with Gasteiger partial charge in [-0.2, -0.15) is 0 Å². The molecule has 0 spiro atoms. The van der Waals surface area contributed by atoms with E-state index < -0.39 is 0 Å². The van der Waals surface area contributed by atoms with Gasteiger partial charge in [-0.1, -0.05) is 65.3 Å². The van der Waals surface area contributed by atoms with Gasteiger partial charge in [-0.15, -0.1) is 0 Å². The van der Waals surface area contributed by atoms with Crippen LogP contribution in [0, 0.1) is 6.92 Å². The maximum Gasteiger partial charge on any atom is 0.259 e. The van der Waals surface area contributed by atoms with Crippen LogP contribution in [0.1, 0.15) is 28.1 Å². The van der Waals surface area contributed by atoms with Gasteiger partial charge in [0.05, 0.1) is 5.02 Å². The summed E-state index contributed by atoms with van der Waals surface area (Å²) in [6.45, 7) is 2.40. The third-order valence-electron chi connectivity index (χ3n) is 4.35. The zero-order valence-electron chi connectivity index (χ0n) is 14.9. The molecule has 0 saturated heterocycles. The minimum Gasteiger partial charge on any atom is -0.360 e. The second-order valence-corrected chi connectivity index (χ2v) is 6.67. The number of halogens is 1. The normalized spacial score (nSPS) is 10.7. The molecule has 0 unspecified atom stereocenters. The van der Waals surface area contributed by atoms with E-state index in [-0.39, 0.29) is 5.91 Å². The van der Waals surface area contributed by atoms with Crippen LogP contribution in [0.4, 0.5) is 0 Å². The first-order valence-electron chi connectivity index (χ1n) is 8.58. The fourth-order valence-corrected chi connectivity index (χ4v) is 3.14. The van der Waals surface area contributed by atoms with Crippen molar-refractivity contribution in [3.05, 3.63) is 76.5 Å². The van der Waals surface area contributed by atoms with Gasteiger partial charge in [0.1, 0.15) is 17.0 Å². The summed E-state index contributed by atoms with van der Waals surface area (Å²) in [5.74, 6) is 0.395. The largest absolute Gasteiger partial charge is 0.360 e. The highest BCUT2D eigenvalue weighted by atomic mass is 35.5. The van der Waals surface area contributed by atoms with E-state index in [9.17, 15) is 4.79 Å². The number of amides is 1. The molecule has 4 nitrogen and oxygen atoms in total. The van der Waals surface area contributed by atoms with Crippen LogP contribution in [0.3, 0.4) is 0 Å². The molecule has 2 aromatic carbocycles. The molecule has 0 fully saturated rings.